The Morgan fingerprint density at radius 2 is 1.59 bits per heavy atom. The third-order valence-corrected chi connectivity index (χ3v) is 7.26. The SMILES string of the molecule is CN(C)C(=O)c1ccc(-c2ccn(C3CCN(C(=O)C(O)(c4ccccc4)C(F)(F)F)CC3)c(=O)c2)cc1Cl. The summed E-state index contributed by atoms with van der Waals surface area (Å²) >= 11 is 6.30. The third kappa shape index (κ3) is 5.44. The molecule has 0 bridgehead atoms. The van der Waals surface area contributed by atoms with Gasteiger partial charge in [-0.15, -0.1) is 0 Å². The van der Waals surface area contributed by atoms with Gasteiger partial charge in [0, 0.05) is 51.1 Å². The minimum atomic E-state index is -5.21. The predicted octanol–water partition coefficient (Wildman–Crippen LogP) is 4.48. The zero-order chi connectivity index (χ0) is 28.5. The Balaban J connectivity index is 1.49. The largest absolute Gasteiger partial charge is 0.430 e. The summed E-state index contributed by atoms with van der Waals surface area (Å²) in [6, 6.07) is 14.0. The average Bonchev–Trinajstić information content (AvgIpc) is 2.91. The highest BCUT2D eigenvalue weighted by atomic mass is 35.5. The first-order chi connectivity index (χ1) is 18.3. The predicted molar refractivity (Wildman–Crippen MR) is 140 cm³/mol. The maximum atomic E-state index is 13.9. The summed E-state index contributed by atoms with van der Waals surface area (Å²) in [6.45, 7) is -0.111. The number of nitrogens with zero attached hydrogens (tertiary/aromatic N) is 3. The highest BCUT2D eigenvalue weighted by molar-refractivity contribution is 6.34. The molecule has 0 saturated carbocycles. The lowest BCUT2D eigenvalue weighted by atomic mass is 9.90. The number of aromatic nitrogens is 1. The number of pyridine rings is 1. The number of piperidine rings is 1. The molecule has 0 radical (unpaired) electrons. The van der Waals surface area contributed by atoms with Crippen LogP contribution in [0.25, 0.3) is 11.1 Å². The lowest BCUT2D eigenvalue weighted by Crippen LogP contribution is -2.57. The molecule has 0 aliphatic carbocycles. The third-order valence-electron chi connectivity index (χ3n) is 6.94. The van der Waals surface area contributed by atoms with Gasteiger partial charge in [0.2, 0.25) is 0 Å². The van der Waals surface area contributed by atoms with Gasteiger partial charge in [0.25, 0.3) is 23.0 Å². The van der Waals surface area contributed by atoms with E-state index >= 15 is 0 Å². The van der Waals surface area contributed by atoms with Crippen LogP contribution in [0.4, 0.5) is 13.2 Å². The molecule has 2 aromatic carbocycles. The van der Waals surface area contributed by atoms with Crippen molar-refractivity contribution in [3.63, 3.8) is 0 Å². The van der Waals surface area contributed by atoms with Crippen molar-refractivity contribution < 1.29 is 27.9 Å². The van der Waals surface area contributed by atoms with E-state index in [1.165, 1.54) is 33.7 Å². The Kier molecular flexibility index (Phi) is 7.90. The zero-order valence-electron chi connectivity index (χ0n) is 21.3. The van der Waals surface area contributed by atoms with Crippen LogP contribution in [-0.4, -0.2) is 64.6 Å². The molecule has 206 valence electrons. The van der Waals surface area contributed by atoms with Gasteiger partial charge < -0.3 is 19.5 Å². The van der Waals surface area contributed by atoms with Crippen LogP contribution in [0.3, 0.4) is 0 Å². The molecule has 1 aromatic heterocycles. The second-order valence-electron chi connectivity index (χ2n) is 9.65. The molecule has 1 saturated heterocycles. The minimum absolute atomic E-state index is 0.0557. The number of rotatable bonds is 5. The van der Waals surface area contributed by atoms with Gasteiger partial charge in [0.15, 0.2) is 0 Å². The lowest BCUT2D eigenvalue weighted by molar-refractivity contribution is -0.262. The molecule has 11 heteroatoms. The van der Waals surface area contributed by atoms with Crippen molar-refractivity contribution >= 4 is 23.4 Å². The van der Waals surface area contributed by atoms with Crippen LogP contribution < -0.4 is 5.56 Å². The van der Waals surface area contributed by atoms with Crippen LogP contribution in [0, 0.1) is 0 Å². The number of halogens is 4. The van der Waals surface area contributed by atoms with E-state index in [4.69, 9.17) is 11.6 Å². The van der Waals surface area contributed by atoms with Crippen molar-refractivity contribution in [1.82, 2.24) is 14.4 Å². The van der Waals surface area contributed by atoms with Gasteiger partial charge in [-0.1, -0.05) is 48.0 Å². The minimum Gasteiger partial charge on any atom is -0.369 e. The molecule has 1 fully saturated rings. The summed E-state index contributed by atoms with van der Waals surface area (Å²) in [5.41, 5.74) is -2.95. The van der Waals surface area contributed by atoms with Crippen LogP contribution in [-0.2, 0) is 10.4 Å². The van der Waals surface area contributed by atoms with E-state index < -0.39 is 23.2 Å². The van der Waals surface area contributed by atoms with Gasteiger partial charge >= 0.3 is 6.18 Å². The summed E-state index contributed by atoms with van der Waals surface area (Å²) < 4.78 is 43.2. The van der Waals surface area contributed by atoms with Crippen molar-refractivity contribution in [3.8, 4) is 11.1 Å². The van der Waals surface area contributed by atoms with Gasteiger partial charge in [0.05, 0.1) is 10.6 Å². The Morgan fingerprint density at radius 3 is 2.13 bits per heavy atom. The molecule has 1 atom stereocenters. The second kappa shape index (κ2) is 10.9. The molecule has 0 spiro atoms. The van der Waals surface area contributed by atoms with Crippen molar-refractivity contribution in [3.05, 3.63) is 93.4 Å². The number of likely N-dealkylation sites (tertiary alicyclic amines) is 1. The molecule has 2 heterocycles. The number of carbonyl (C=O) groups excluding carboxylic acids is 2. The molecule has 1 N–H and O–H groups in total. The van der Waals surface area contributed by atoms with Crippen molar-refractivity contribution in [2.45, 2.75) is 30.7 Å². The number of hydrogen-bond acceptors (Lipinski definition) is 4. The standard InChI is InChI=1S/C28H27ClF3N3O4/c1-33(2)25(37)22-9-8-18(16-23(22)29)19-10-15-35(24(36)17-19)21-11-13-34(14-12-21)26(38)27(39,28(30,31)32)20-6-4-3-5-7-20/h3-10,15-17,21,39H,11-14H2,1-2H3. The number of amides is 2. The van der Waals surface area contributed by atoms with Crippen LogP contribution in [0.1, 0.15) is 34.8 Å². The van der Waals surface area contributed by atoms with Gasteiger partial charge in [-0.05, 0) is 42.2 Å². The normalized spacial score (nSPS) is 16.0. The van der Waals surface area contributed by atoms with Crippen LogP contribution >= 0.6 is 11.6 Å². The summed E-state index contributed by atoms with van der Waals surface area (Å²) in [4.78, 5) is 40.5. The van der Waals surface area contributed by atoms with Crippen molar-refractivity contribution in [2.75, 3.05) is 27.2 Å². The summed E-state index contributed by atoms with van der Waals surface area (Å²) in [5.74, 6) is -1.68. The Hall–Kier alpha value is -3.63. The molecule has 2 amide bonds. The number of hydrogen-bond donors (Lipinski definition) is 1. The van der Waals surface area contributed by atoms with E-state index in [1.54, 1.807) is 44.6 Å². The average molecular weight is 562 g/mol. The van der Waals surface area contributed by atoms with Crippen LogP contribution in [0.15, 0.2) is 71.7 Å². The summed E-state index contributed by atoms with van der Waals surface area (Å²) in [7, 11) is 3.23. The molecular weight excluding hydrogens is 535 g/mol. The van der Waals surface area contributed by atoms with Crippen LogP contribution in [0.5, 0.6) is 0 Å². The Morgan fingerprint density at radius 1 is 0.974 bits per heavy atom. The van der Waals surface area contributed by atoms with E-state index in [-0.39, 0.29) is 48.5 Å². The van der Waals surface area contributed by atoms with E-state index in [0.29, 0.717) is 16.7 Å². The number of benzene rings is 2. The molecule has 1 aliphatic heterocycles. The van der Waals surface area contributed by atoms with Gasteiger partial charge in [-0.2, -0.15) is 13.2 Å². The van der Waals surface area contributed by atoms with Gasteiger partial charge in [-0.3, -0.25) is 14.4 Å². The Labute approximate surface area is 228 Å². The maximum absolute atomic E-state index is 13.9. The first-order valence-electron chi connectivity index (χ1n) is 12.2. The van der Waals surface area contributed by atoms with Crippen molar-refractivity contribution in [2.24, 2.45) is 0 Å². The summed E-state index contributed by atoms with van der Waals surface area (Å²) in [5, 5.41) is 10.8. The summed E-state index contributed by atoms with van der Waals surface area (Å²) in [6.07, 6.45) is -3.14. The second-order valence-corrected chi connectivity index (χ2v) is 10.1. The number of aliphatic hydroxyl groups is 1. The number of carbonyl (C=O) groups is 2. The van der Waals surface area contributed by atoms with E-state index in [9.17, 15) is 32.7 Å². The molecule has 1 aliphatic rings. The topological polar surface area (TPSA) is 82.8 Å². The van der Waals surface area contributed by atoms with Gasteiger partial charge in [0.1, 0.15) is 0 Å². The van der Waals surface area contributed by atoms with E-state index in [1.807, 2.05) is 0 Å². The maximum Gasteiger partial charge on any atom is 0.430 e. The fourth-order valence-corrected chi connectivity index (χ4v) is 5.01. The fraction of sp³-hybridized carbons (Fsp3) is 0.321. The molecule has 7 nitrogen and oxygen atoms in total. The lowest BCUT2D eigenvalue weighted by Gasteiger charge is -2.38. The van der Waals surface area contributed by atoms with Crippen molar-refractivity contribution in [1.29, 1.82) is 0 Å². The highest BCUT2D eigenvalue weighted by Crippen LogP contribution is 2.41. The monoisotopic (exact) mass is 561 g/mol. The molecule has 4 rings (SSSR count). The molecular formula is C28H27ClF3N3O4. The van der Waals surface area contributed by atoms with Gasteiger partial charge in [-0.25, -0.2) is 0 Å². The first kappa shape index (κ1) is 28.4. The fourth-order valence-electron chi connectivity index (χ4n) is 4.74. The molecule has 39 heavy (non-hydrogen) atoms. The zero-order valence-corrected chi connectivity index (χ0v) is 22.0. The van der Waals surface area contributed by atoms with E-state index in [0.717, 1.165) is 17.0 Å². The molecule has 1 unspecified atom stereocenters. The smallest absolute Gasteiger partial charge is 0.369 e. The Bertz CT molecular complexity index is 1430. The van der Waals surface area contributed by atoms with E-state index in [2.05, 4.69) is 0 Å². The number of alkyl halides is 3. The molecule has 3 aromatic rings. The van der Waals surface area contributed by atoms with Crippen LogP contribution in [0.2, 0.25) is 5.02 Å². The quantitative estimate of drug-likeness (QED) is 0.498. The first-order valence-corrected chi connectivity index (χ1v) is 12.6. The highest BCUT2D eigenvalue weighted by Gasteiger charge is 2.62.